The van der Waals surface area contributed by atoms with Crippen molar-refractivity contribution in [2.75, 3.05) is 6.61 Å². The molecule has 31 heavy (non-hydrogen) atoms. The van der Waals surface area contributed by atoms with Crippen molar-refractivity contribution in [1.29, 1.82) is 0 Å². The Bertz CT molecular complexity index is 965. The summed E-state index contributed by atoms with van der Waals surface area (Å²) in [4.78, 5) is 0. The average Bonchev–Trinajstić information content (AvgIpc) is 2.78. The maximum atomic E-state index is 6.48. The minimum absolute atomic E-state index is 0.282. The first-order valence-electron chi connectivity index (χ1n) is 12.7. The van der Waals surface area contributed by atoms with Crippen LogP contribution < -0.4 is 0 Å². The molecule has 3 fully saturated rings. The van der Waals surface area contributed by atoms with E-state index in [1.807, 2.05) is 0 Å². The molecular formula is C30H38O. The molecule has 0 amide bonds. The average molecular weight is 415 g/mol. The van der Waals surface area contributed by atoms with Crippen LogP contribution in [0.3, 0.4) is 0 Å². The lowest BCUT2D eigenvalue weighted by Crippen LogP contribution is -2.61. The molecule has 4 aliphatic rings. The Balaban J connectivity index is 1.38. The highest BCUT2D eigenvalue weighted by Gasteiger charge is 2.64. The first kappa shape index (κ1) is 20.0. The minimum atomic E-state index is 0.282. The number of aryl methyl sites for hydroxylation is 1. The molecule has 0 N–H and O–H groups in total. The van der Waals surface area contributed by atoms with E-state index < -0.39 is 0 Å². The van der Waals surface area contributed by atoms with Crippen LogP contribution in [0.4, 0.5) is 0 Å². The van der Waals surface area contributed by atoms with Gasteiger partial charge < -0.3 is 4.74 Å². The van der Waals surface area contributed by atoms with Crippen molar-refractivity contribution >= 4 is 0 Å². The smallest absolute Gasteiger partial charge is 0.0858 e. The maximum absolute atomic E-state index is 6.48. The van der Waals surface area contributed by atoms with E-state index in [2.05, 4.69) is 75.4 Å². The van der Waals surface area contributed by atoms with Crippen LogP contribution >= 0.6 is 0 Å². The van der Waals surface area contributed by atoms with Crippen molar-refractivity contribution in [3.05, 3.63) is 71.3 Å². The standard InChI is InChI=1S/C30H38O/c1-28-18-16-26-29(2)19-20-31-27(22-10-5-4-6-11-22)24(29)15-17-30(26,3)25(28)14-13-21-9-7-8-12-23(21)28/h4-12,24-27H,13-20H2,1-3H3/t24-,25+,26+,27-,28+,29-,30-/m0/s1. The van der Waals surface area contributed by atoms with Crippen LogP contribution in [0.2, 0.25) is 0 Å². The van der Waals surface area contributed by atoms with Gasteiger partial charge in [0.25, 0.3) is 0 Å². The van der Waals surface area contributed by atoms with Gasteiger partial charge in [-0.05, 0) is 95.6 Å². The zero-order chi connectivity index (χ0) is 21.3. The van der Waals surface area contributed by atoms with Crippen molar-refractivity contribution in [1.82, 2.24) is 0 Å². The van der Waals surface area contributed by atoms with Gasteiger partial charge in [0.1, 0.15) is 0 Å². The van der Waals surface area contributed by atoms with E-state index in [1.165, 1.54) is 50.5 Å². The van der Waals surface area contributed by atoms with Gasteiger partial charge in [0.05, 0.1) is 6.10 Å². The van der Waals surface area contributed by atoms with Crippen molar-refractivity contribution in [3.63, 3.8) is 0 Å². The Kier molecular flexibility index (Phi) is 4.49. The lowest BCUT2D eigenvalue weighted by Gasteiger charge is -2.68. The van der Waals surface area contributed by atoms with Gasteiger partial charge >= 0.3 is 0 Å². The van der Waals surface area contributed by atoms with E-state index in [0.717, 1.165) is 18.4 Å². The predicted molar refractivity (Wildman–Crippen MR) is 127 cm³/mol. The molecule has 3 aliphatic carbocycles. The fraction of sp³-hybridized carbons (Fsp3) is 0.600. The second-order valence-electron chi connectivity index (χ2n) is 11.9. The van der Waals surface area contributed by atoms with E-state index in [9.17, 15) is 0 Å². The third kappa shape index (κ3) is 2.71. The lowest BCUT2D eigenvalue weighted by atomic mass is 9.38. The highest BCUT2D eigenvalue weighted by atomic mass is 16.5. The summed E-state index contributed by atoms with van der Waals surface area (Å²) >= 11 is 0. The highest BCUT2D eigenvalue weighted by molar-refractivity contribution is 5.39. The molecule has 1 heteroatoms. The molecular weight excluding hydrogens is 376 g/mol. The molecule has 0 aromatic heterocycles. The molecule has 1 saturated heterocycles. The second kappa shape index (κ2) is 6.95. The number of fused-ring (bicyclic) bond motifs is 7. The lowest BCUT2D eigenvalue weighted by molar-refractivity contribution is -0.206. The van der Waals surface area contributed by atoms with Crippen molar-refractivity contribution in [3.8, 4) is 0 Å². The van der Waals surface area contributed by atoms with E-state index >= 15 is 0 Å². The molecule has 7 atom stereocenters. The third-order valence-corrected chi connectivity index (χ3v) is 10.7. The summed E-state index contributed by atoms with van der Waals surface area (Å²) in [6.07, 6.45) is 9.59. The monoisotopic (exact) mass is 414 g/mol. The topological polar surface area (TPSA) is 9.23 Å². The molecule has 0 bridgehead atoms. The molecule has 2 saturated carbocycles. The summed E-state index contributed by atoms with van der Waals surface area (Å²) in [5, 5.41) is 0. The van der Waals surface area contributed by atoms with Crippen LogP contribution in [0.25, 0.3) is 0 Å². The van der Waals surface area contributed by atoms with Crippen molar-refractivity contribution in [2.45, 2.75) is 77.2 Å². The normalized spacial score (nSPS) is 43.8. The molecule has 2 aromatic carbocycles. The zero-order valence-electron chi connectivity index (χ0n) is 19.6. The Hall–Kier alpha value is -1.60. The fourth-order valence-electron chi connectivity index (χ4n) is 9.32. The zero-order valence-corrected chi connectivity index (χ0v) is 19.6. The molecule has 0 radical (unpaired) electrons. The summed E-state index contributed by atoms with van der Waals surface area (Å²) in [6.45, 7) is 8.88. The first-order chi connectivity index (χ1) is 15.0. The summed E-state index contributed by atoms with van der Waals surface area (Å²) < 4.78 is 6.48. The van der Waals surface area contributed by atoms with E-state index in [-0.39, 0.29) is 6.10 Å². The Labute approximate surface area is 188 Å². The second-order valence-corrected chi connectivity index (χ2v) is 11.9. The van der Waals surface area contributed by atoms with E-state index in [1.54, 1.807) is 11.1 Å². The summed E-state index contributed by atoms with van der Waals surface area (Å²) in [5.41, 5.74) is 5.89. The van der Waals surface area contributed by atoms with Crippen LogP contribution in [-0.4, -0.2) is 6.61 Å². The highest BCUT2D eigenvalue weighted by Crippen LogP contribution is 2.70. The van der Waals surface area contributed by atoms with Crippen molar-refractivity contribution in [2.24, 2.45) is 28.6 Å². The molecule has 2 aromatic rings. The quantitative estimate of drug-likeness (QED) is 0.469. The van der Waals surface area contributed by atoms with Crippen LogP contribution in [0.15, 0.2) is 54.6 Å². The van der Waals surface area contributed by atoms with Crippen LogP contribution in [-0.2, 0) is 16.6 Å². The summed E-state index contributed by atoms with van der Waals surface area (Å²) in [6, 6.07) is 20.5. The van der Waals surface area contributed by atoms with Gasteiger partial charge in [-0.2, -0.15) is 0 Å². The molecule has 6 rings (SSSR count). The van der Waals surface area contributed by atoms with Gasteiger partial charge in [-0.15, -0.1) is 0 Å². The molecule has 1 nitrogen and oxygen atoms in total. The van der Waals surface area contributed by atoms with Gasteiger partial charge in [-0.1, -0.05) is 75.4 Å². The molecule has 164 valence electrons. The largest absolute Gasteiger partial charge is 0.373 e. The summed E-state index contributed by atoms with van der Waals surface area (Å²) in [5.74, 6) is 2.28. The number of hydrogen-bond acceptors (Lipinski definition) is 1. The van der Waals surface area contributed by atoms with Gasteiger partial charge in [-0.3, -0.25) is 0 Å². The predicted octanol–water partition coefficient (Wildman–Crippen LogP) is 7.50. The molecule has 0 spiro atoms. The van der Waals surface area contributed by atoms with E-state index in [0.29, 0.717) is 22.2 Å². The Morgan fingerprint density at radius 3 is 2.35 bits per heavy atom. The van der Waals surface area contributed by atoms with E-state index in [4.69, 9.17) is 4.74 Å². The van der Waals surface area contributed by atoms with Gasteiger partial charge in [0, 0.05) is 6.61 Å². The van der Waals surface area contributed by atoms with Gasteiger partial charge in [0.2, 0.25) is 0 Å². The number of ether oxygens (including phenoxy) is 1. The van der Waals surface area contributed by atoms with Crippen LogP contribution in [0.5, 0.6) is 0 Å². The molecule has 0 unspecified atom stereocenters. The van der Waals surface area contributed by atoms with Crippen molar-refractivity contribution < 1.29 is 4.74 Å². The number of benzene rings is 2. The van der Waals surface area contributed by atoms with Gasteiger partial charge in [0.15, 0.2) is 0 Å². The molecule has 1 aliphatic heterocycles. The van der Waals surface area contributed by atoms with Gasteiger partial charge in [-0.25, -0.2) is 0 Å². The SMILES string of the molecule is C[C@]12CCO[C@@H](c3ccccc3)[C@@H]1CC[C@]1(C)[C@@H]2CC[C@]2(C)c3ccccc3CC[C@@H]12. The third-order valence-electron chi connectivity index (χ3n) is 10.7. The summed E-state index contributed by atoms with van der Waals surface area (Å²) in [7, 11) is 0. The van der Waals surface area contributed by atoms with Crippen LogP contribution in [0, 0.1) is 28.6 Å². The molecule has 1 heterocycles. The Morgan fingerprint density at radius 2 is 1.52 bits per heavy atom. The Morgan fingerprint density at radius 1 is 0.742 bits per heavy atom. The number of rotatable bonds is 1. The van der Waals surface area contributed by atoms with Crippen LogP contribution in [0.1, 0.15) is 82.1 Å². The maximum Gasteiger partial charge on any atom is 0.0858 e. The first-order valence-corrected chi connectivity index (χ1v) is 12.7. The number of hydrogen-bond donors (Lipinski definition) is 0. The fourth-order valence-corrected chi connectivity index (χ4v) is 9.32. The minimum Gasteiger partial charge on any atom is -0.373 e.